The molecule has 5 heteroatoms. The van der Waals surface area contributed by atoms with Crippen LogP contribution in [0.15, 0.2) is 22.7 Å². The molecule has 0 saturated heterocycles. The van der Waals surface area contributed by atoms with E-state index in [0.29, 0.717) is 0 Å². The molecule has 0 aliphatic rings. The Hall–Kier alpha value is -0.740. The van der Waals surface area contributed by atoms with Crippen molar-refractivity contribution in [2.45, 2.75) is 13.0 Å². The van der Waals surface area contributed by atoms with Gasteiger partial charge in [0.05, 0.1) is 12.2 Å². The van der Waals surface area contributed by atoms with E-state index in [1.165, 1.54) is 0 Å². The second-order valence-electron chi connectivity index (χ2n) is 3.41. The van der Waals surface area contributed by atoms with Crippen LogP contribution in [0.1, 0.15) is 6.92 Å². The number of hydrogen-bond acceptors (Lipinski definition) is 2. The minimum absolute atomic E-state index is 0.117. The molecule has 0 radical (unpaired) electrons. The lowest BCUT2D eigenvalue weighted by Crippen LogP contribution is -2.37. The molecule has 90 valence electrons. The summed E-state index contributed by atoms with van der Waals surface area (Å²) in [7, 11) is 0. The van der Waals surface area contributed by atoms with Gasteiger partial charge in [0.15, 0.2) is 0 Å². The maximum Gasteiger partial charge on any atom is 0.242 e. The number of benzene rings is 1. The van der Waals surface area contributed by atoms with Crippen molar-refractivity contribution in [3.8, 4) is 12.3 Å². The maximum absolute atomic E-state index is 11.6. The van der Waals surface area contributed by atoms with Crippen molar-refractivity contribution < 1.29 is 4.79 Å². The summed E-state index contributed by atoms with van der Waals surface area (Å²) in [6.07, 6.45) is 5.08. The number of halogens is 2. The van der Waals surface area contributed by atoms with E-state index < -0.39 is 0 Å². The summed E-state index contributed by atoms with van der Waals surface area (Å²) in [6, 6.07) is 5.56. The first-order valence-corrected chi connectivity index (χ1v) is 6.84. The second-order valence-corrected chi connectivity index (χ2v) is 5.51. The van der Waals surface area contributed by atoms with Gasteiger partial charge in [0.2, 0.25) is 5.91 Å². The predicted molar refractivity (Wildman–Crippen MR) is 81.8 cm³/mol. The first-order chi connectivity index (χ1) is 8.04. The summed E-state index contributed by atoms with van der Waals surface area (Å²) < 4.78 is 2.03. The fraction of sp³-hybridized carbons (Fsp3) is 0.250. The maximum atomic E-state index is 11.6. The Morgan fingerprint density at radius 2 is 2.35 bits per heavy atom. The summed E-state index contributed by atoms with van der Waals surface area (Å²) in [5.74, 6) is 2.25. The monoisotopic (exact) mass is 406 g/mol. The Kier molecular flexibility index (Phi) is 5.78. The van der Waals surface area contributed by atoms with E-state index in [2.05, 4.69) is 55.1 Å². The molecule has 0 saturated carbocycles. The van der Waals surface area contributed by atoms with Crippen molar-refractivity contribution in [3.05, 3.63) is 26.2 Å². The van der Waals surface area contributed by atoms with Gasteiger partial charge in [-0.25, -0.2) is 0 Å². The normalized spacial score (nSPS) is 11.4. The Morgan fingerprint density at radius 1 is 1.65 bits per heavy atom. The molecule has 0 aliphatic heterocycles. The van der Waals surface area contributed by atoms with Crippen molar-refractivity contribution in [2.24, 2.45) is 0 Å². The third-order valence-electron chi connectivity index (χ3n) is 2.06. The third-order valence-corrected chi connectivity index (χ3v) is 3.42. The van der Waals surface area contributed by atoms with Gasteiger partial charge >= 0.3 is 0 Å². The largest absolute Gasteiger partial charge is 0.373 e. The molecule has 2 N–H and O–H groups in total. The number of carbonyl (C=O) groups is 1. The Balaban J connectivity index is 2.67. The fourth-order valence-corrected chi connectivity index (χ4v) is 2.05. The first-order valence-electron chi connectivity index (χ1n) is 4.97. The quantitative estimate of drug-likeness (QED) is 0.596. The molecule has 1 aromatic carbocycles. The van der Waals surface area contributed by atoms with E-state index in [-0.39, 0.29) is 18.5 Å². The van der Waals surface area contributed by atoms with Gasteiger partial charge in [0.25, 0.3) is 0 Å². The number of anilines is 1. The molecule has 1 aromatic rings. The van der Waals surface area contributed by atoms with Crippen LogP contribution < -0.4 is 10.6 Å². The zero-order chi connectivity index (χ0) is 12.8. The van der Waals surface area contributed by atoms with E-state index in [4.69, 9.17) is 6.42 Å². The van der Waals surface area contributed by atoms with E-state index >= 15 is 0 Å². The average molecular weight is 407 g/mol. The molecule has 0 aromatic heterocycles. The standard InChI is InChI=1S/C12H12BrIN2O/c1-3-6-15-12(17)8(2)16-11-7-9(14)4-5-10(11)13/h1,4-5,7-8,16H,6H2,2H3,(H,15,17). The summed E-state index contributed by atoms with van der Waals surface area (Å²) >= 11 is 5.65. The lowest BCUT2D eigenvalue weighted by molar-refractivity contribution is -0.121. The van der Waals surface area contributed by atoms with Gasteiger partial charge in [-0.2, -0.15) is 0 Å². The Bertz CT molecular complexity index is 456. The number of terminal acetylenes is 1. The predicted octanol–water partition coefficient (Wildman–Crippen LogP) is 2.60. The molecule has 1 amide bonds. The number of nitrogens with one attached hydrogen (secondary N) is 2. The molecule has 1 unspecified atom stereocenters. The molecular formula is C12H12BrIN2O. The highest BCUT2D eigenvalue weighted by Crippen LogP contribution is 2.24. The lowest BCUT2D eigenvalue weighted by atomic mass is 10.2. The van der Waals surface area contributed by atoms with Crippen LogP contribution in [0.4, 0.5) is 5.69 Å². The van der Waals surface area contributed by atoms with Crippen LogP contribution in [0.25, 0.3) is 0 Å². The molecular weight excluding hydrogens is 395 g/mol. The minimum Gasteiger partial charge on any atom is -0.373 e. The van der Waals surface area contributed by atoms with Crippen molar-refractivity contribution in [1.29, 1.82) is 0 Å². The van der Waals surface area contributed by atoms with Gasteiger partial charge < -0.3 is 10.6 Å². The SMILES string of the molecule is C#CCNC(=O)C(C)Nc1cc(I)ccc1Br. The molecule has 17 heavy (non-hydrogen) atoms. The summed E-state index contributed by atoms with van der Waals surface area (Å²) in [4.78, 5) is 11.6. The van der Waals surface area contributed by atoms with E-state index in [0.717, 1.165) is 13.7 Å². The summed E-state index contributed by atoms with van der Waals surface area (Å²) in [5.41, 5.74) is 0.889. The Morgan fingerprint density at radius 3 is 3.00 bits per heavy atom. The van der Waals surface area contributed by atoms with Crippen molar-refractivity contribution in [1.82, 2.24) is 5.32 Å². The summed E-state index contributed by atoms with van der Waals surface area (Å²) in [5, 5.41) is 5.76. The molecule has 1 rings (SSSR count). The number of hydrogen-bond donors (Lipinski definition) is 2. The lowest BCUT2D eigenvalue weighted by Gasteiger charge is -2.15. The highest BCUT2D eigenvalue weighted by molar-refractivity contribution is 14.1. The van der Waals surface area contributed by atoms with Crippen molar-refractivity contribution in [2.75, 3.05) is 11.9 Å². The van der Waals surface area contributed by atoms with E-state index in [1.54, 1.807) is 6.92 Å². The van der Waals surface area contributed by atoms with Crippen LogP contribution in [0.5, 0.6) is 0 Å². The fourth-order valence-electron chi connectivity index (χ4n) is 1.20. The highest BCUT2D eigenvalue weighted by Gasteiger charge is 2.12. The van der Waals surface area contributed by atoms with Gasteiger partial charge in [-0.05, 0) is 63.6 Å². The Labute approximate surface area is 123 Å². The van der Waals surface area contributed by atoms with Gasteiger partial charge in [0, 0.05) is 8.04 Å². The third kappa shape index (κ3) is 4.56. The topological polar surface area (TPSA) is 41.1 Å². The molecule has 1 atom stereocenters. The molecule has 0 aliphatic carbocycles. The first kappa shape index (κ1) is 14.3. The van der Waals surface area contributed by atoms with Crippen LogP contribution >= 0.6 is 38.5 Å². The minimum atomic E-state index is -0.335. The van der Waals surface area contributed by atoms with Crippen LogP contribution in [0, 0.1) is 15.9 Å². The zero-order valence-corrected chi connectivity index (χ0v) is 13.0. The van der Waals surface area contributed by atoms with Crippen molar-refractivity contribution >= 4 is 50.1 Å². The number of carbonyl (C=O) groups excluding carboxylic acids is 1. The smallest absolute Gasteiger partial charge is 0.242 e. The molecule has 0 spiro atoms. The average Bonchev–Trinajstić information content (AvgIpc) is 2.30. The zero-order valence-electron chi connectivity index (χ0n) is 9.26. The van der Waals surface area contributed by atoms with Gasteiger partial charge in [-0.1, -0.05) is 5.92 Å². The van der Waals surface area contributed by atoms with E-state index in [1.807, 2.05) is 18.2 Å². The molecule has 3 nitrogen and oxygen atoms in total. The molecule has 0 heterocycles. The van der Waals surface area contributed by atoms with Crippen LogP contribution in [0.3, 0.4) is 0 Å². The molecule has 0 bridgehead atoms. The van der Waals surface area contributed by atoms with Crippen molar-refractivity contribution in [3.63, 3.8) is 0 Å². The van der Waals surface area contributed by atoms with Crippen LogP contribution in [0.2, 0.25) is 0 Å². The number of amides is 1. The van der Waals surface area contributed by atoms with Crippen LogP contribution in [-0.2, 0) is 4.79 Å². The number of rotatable bonds is 4. The molecule has 0 fully saturated rings. The highest BCUT2D eigenvalue weighted by atomic mass is 127. The second kappa shape index (κ2) is 6.87. The summed E-state index contributed by atoms with van der Waals surface area (Å²) in [6.45, 7) is 2.04. The van der Waals surface area contributed by atoms with Gasteiger partial charge in [-0.15, -0.1) is 6.42 Å². The van der Waals surface area contributed by atoms with E-state index in [9.17, 15) is 4.79 Å². The van der Waals surface area contributed by atoms with Gasteiger partial charge in [-0.3, -0.25) is 4.79 Å². The van der Waals surface area contributed by atoms with Gasteiger partial charge in [0.1, 0.15) is 6.04 Å². The van der Waals surface area contributed by atoms with Crippen LogP contribution in [-0.4, -0.2) is 18.5 Å².